The number of hydrogen-bond acceptors (Lipinski definition) is 5. The van der Waals surface area contributed by atoms with Gasteiger partial charge in [-0.05, 0) is 60.9 Å². The molecule has 4 aromatic rings. The van der Waals surface area contributed by atoms with Gasteiger partial charge < -0.3 is 19.7 Å². The van der Waals surface area contributed by atoms with Crippen molar-refractivity contribution in [1.82, 2.24) is 0 Å². The van der Waals surface area contributed by atoms with E-state index >= 15 is 0 Å². The van der Waals surface area contributed by atoms with Gasteiger partial charge in [-0.3, -0.25) is 4.79 Å². The highest BCUT2D eigenvalue weighted by Gasteiger charge is 2.24. The average molecular weight is 476 g/mol. The summed E-state index contributed by atoms with van der Waals surface area (Å²) in [4.78, 5) is 26.5. The maximum absolute atomic E-state index is 14.2. The SMILES string of the molecule is Cc1cc(C(C)Nc2cccc(F)c2C(=O)O)c2oc(N3Cc4ccc(F)cc4C3)cc(=O)c2c1. The second kappa shape index (κ2) is 8.54. The Bertz CT molecular complexity index is 1550. The highest BCUT2D eigenvalue weighted by Crippen LogP contribution is 2.34. The second-order valence-electron chi connectivity index (χ2n) is 8.78. The molecular weight excluding hydrogens is 454 g/mol. The summed E-state index contributed by atoms with van der Waals surface area (Å²) in [6.07, 6.45) is 0. The van der Waals surface area contributed by atoms with Gasteiger partial charge in [0.25, 0.3) is 0 Å². The third-order valence-corrected chi connectivity index (χ3v) is 6.26. The summed E-state index contributed by atoms with van der Waals surface area (Å²) in [5.74, 6) is -2.19. The van der Waals surface area contributed by atoms with E-state index in [4.69, 9.17) is 4.42 Å². The fraction of sp³-hybridized carbons (Fsp3) is 0.185. The molecule has 5 rings (SSSR count). The van der Waals surface area contributed by atoms with Gasteiger partial charge in [-0.1, -0.05) is 18.2 Å². The number of aryl methyl sites for hydroxylation is 1. The summed E-state index contributed by atoms with van der Waals surface area (Å²) < 4.78 is 34.1. The Balaban J connectivity index is 1.57. The first-order chi connectivity index (χ1) is 16.7. The van der Waals surface area contributed by atoms with Crippen LogP contribution in [0.25, 0.3) is 11.0 Å². The first kappa shape index (κ1) is 22.6. The van der Waals surface area contributed by atoms with Crippen LogP contribution in [0.1, 0.15) is 45.6 Å². The normalized spacial score (nSPS) is 13.7. The molecule has 0 saturated heterocycles. The largest absolute Gasteiger partial charge is 0.478 e. The molecule has 0 fully saturated rings. The Kier molecular flexibility index (Phi) is 5.51. The molecule has 1 aromatic heterocycles. The van der Waals surface area contributed by atoms with Gasteiger partial charge >= 0.3 is 5.97 Å². The van der Waals surface area contributed by atoms with Crippen molar-refractivity contribution in [1.29, 1.82) is 0 Å². The van der Waals surface area contributed by atoms with Crippen molar-refractivity contribution < 1.29 is 23.1 Å². The minimum absolute atomic E-state index is 0.121. The number of nitrogens with one attached hydrogen (secondary N) is 1. The van der Waals surface area contributed by atoms with Crippen LogP contribution < -0.4 is 15.6 Å². The molecular formula is C27H22F2N2O4. The Morgan fingerprint density at radius 2 is 1.86 bits per heavy atom. The number of fused-ring (bicyclic) bond motifs is 2. The van der Waals surface area contributed by atoms with Gasteiger partial charge in [0, 0.05) is 24.7 Å². The van der Waals surface area contributed by atoms with Crippen LogP contribution >= 0.6 is 0 Å². The lowest BCUT2D eigenvalue weighted by atomic mass is 10.0. The fourth-order valence-electron chi connectivity index (χ4n) is 4.59. The van der Waals surface area contributed by atoms with Gasteiger partial charge in [-0.2, -0.15) is 0 Å². The Hall–Kier alpha value is -4.20. The van der Waals surface area contributed by atoms with Crippen LogP contribution in [-0.2, 0) is 13.1 Å². The van der Waals surface area contributed by atoms with E-state index in [0.717, 1.165) is 22.8 Å². The Morgan fingerprint density at radius 3 is 2.63 bits per heavy atom. The average Bonchev–Trinajstić information content (AvgIpc) is 3.22. The number of rotatable bonds is 5. The third kappa shape index (κ3) is 4.12. The number of carboxylic acid groups (broad SMARTS) is 1. The third-order valence-electron chi connectivity index (χ3n) is 6.26. The number of carbonyl (C=O) groups is 1. The number of nitrogens with zero attached hydrogens (tertiary/aromatic N) is 1. The zero-order chi connectivity index (χ0) is 24.9. The lowest BCUT2D eigenvalue weighted by Gasteiger charge is -2.21. The van der Waals surface area contributed by atoms with Crippen LogP contribution in [0.5, 0.6) is 0 Å². The minimum atomic E-state index is -1.38. The maximum atomic E-state index is 14.2. The van der Waals surface area contributed by atoms with Crippen molar-refractivity contribution in [3.8, 4) is 0 Å². The minimum Gasteiger partial charge on any atom is -0.478 e. The summed E-state index contributed by atoms with van der Waals surface area (Å²) in [6, 6.07) is 13.1. The number of halogens is 2. The Labute approximate surface area is 199 Å². The van der Waals surface area contributed by atoms with E-state index in [9.17, 15) is 23.5 Å². The molecule has 0 radical (unpaired) electrons. The summed E-state index contributed by atoms with van der Waals surface area (Å²) in [5, 5.41) is 12.9. The molecule has 0 bridgehead atoms. The molecule has 0 aliphatic carbocycles. The molecule has 1 atom stereocenters. The smallest absolute Gasteiger partial charge is 0.340 e. The monoisotopic (exact) mass is 476 g/mol. The van der Waals surface area contributed by atoms with Gasteiger partial charge in [0.1, 0.15) is 22.8 Å². The molecule has 178 valence electrons. The van der Waals surface area contributed by atoms with Gasteiger partial charge in [0.15, 0.2) is 5.43 Å². The van der Waals surface area contributed by atoms with Crippen LogP contribution in [-0.4, -0.2) is 11.1 Å². The van der Waals surface area contributed by atoms with E-state index in [1.165, 1.54) is 30.3 Å². The summed E-state index contributed by atoms with van der Waals surface area (Å²) in [6.45, 7) is 4.51. The highest BCUT2D eigenvalue weighted by molar-refractivity contribution is 5.94. The highest BCUT2D eigenvalue weighted by atomic mass is 19.1. The van der Waals surface area contributed by atoms with Crippen LogP contribution in [0.3, 0.4) is 0 Å². The zero-order valence-electron chi connectivity index (χ0n) is 19.1. The van der Waals surface area contributed by atoms with Gasteiger partial charge in [-0.15, -0.1) is 0 Å². The lowest BCUT2D eigenvalue weighted by Crippen LogP contribution is -2.18. The predicted octanol–water partition coefficient (Wildman–Crippen LogP) is 5.77. The first-order valence-electron chi connectivity index (χ1n) is 11.1. The van der Waals surface area contributed by atoms with Gasteiger partial charge in [-0.25, -0.2) is 13.6 Å². The number of carboxylic acids is 1. The van der Waals surface area contributed by atoms with E-state index in [2.05, 4.69) is 5.32 Å². The quantitative estimate of drug-likeness (QED) is 0.381. The number of benzene rings is 3. The van der Waals surface area contributed by atoms with Crippen LogP contribution in [0.15, 0.2) is 63.8 Å². The Morgan fingerprint density at radius 1 is 1.09 bits per heavy atom. The van der Waals surface area contributed by atoms with Crippen LogP contribution in [0.4, 0.5) is 20.4 Å². The van der Waals surface area contributed by atoms with Crippen LogP contribution in [0, 0.1) is 18.6 Å². The van der Waals surface area contributed by atoms with E-state index < -0.39 is 23.4 Å². The summed E-state index contributed by atoms with van der Waals surface area (Å²) >= 11 is 0. The molecule has 1 aliphatic heterocycles. The van der Waals surface area contributed by atoms with Crippen molar-refractivity contribution >= 4 is 28.5 Å². The number of aromatic carboxylic acids is 1. The first-order valence-corrected chi connectivity index (χ1v) is 11.1. The predicted molar refractivity (Wildman–Crippen MR) is 129 cm³/mol. The van der Waals surface area contributed by atoms with E-state index in [0.29, 0.717) is 35.5 Å². The molecule has 1 aliphatic rings. The number of hydrogen-bond donors (Lipinski definition) is 2. The van der Waals surface area contributed by atoms with Crippen molar-refractivity contribution in [2.45, 2.75) is 33.0 Å². The lowest BCUT2D eigenvalue weighted by molar-refractivity contribution is 0.0693. The van der Waals surface area contributed by atoms with Crippen molar-refractivity contribution in [2.75, 3.05) is 10.2 Å². The number of anilines is 2. The van der Waals surface area contributed by atoms with Crippen molar-refractivity contribution in [3.63, 3.8) is 0 Å². The topological polar surface area (TPSA) is 82.8 Å². The molecule has 35 heavy (non-hydrogen) atoms. The van der Waals surface area contributed by atoms with Crippen molar-refractivity contribution in [3.05, 3.63) is 104 Å². The molecule has 6 nitrogen and oxygen atoms in total. The van der Waals surface area contributed by atoms with Crippen molar-refractivity contribution in [2.24, 2.45) is 0 Å². The maximum Gasteiger partial charge on any atom is 0.340 e. The standard InChI is InChI=1S/C27H22F2N2O4/c1-14-8-19(15(2)30-22-5-3-4-21(29)25(22)27(33)34)26-20(9-14)23(32)11-24(35-26)31-12-16-6-7-18(28)10-17(16)13-31/h3-11,15,30H,12-13H2,1-2H3,(H,33,34). The van der Waals surface area contributed by atoms with Crippen LogP contribution in [0.2, 0.25) is 0 Å². The fourth-order valence-corrected chi connectivity index (χ4v) is 4.59. The zero-order valence-corrected chi connectivity index (χ0v) is 19.1. The van der Waals surface area contributed by atoms with Gasteiger partial charge in [0.05, 0.1) is 17.1 Å². The molecule has 1 unspecified atom stereocenters. The molecule has 0 saturated carbocycles. The molecule has 0 spiro atoms. The van der Waals surface area contributed by atoms with E-state index in [-0.39, 0.29) is 16.9 Å². The summed E-state index contributed by atoms with van der Waals surface area (Å²) in [5.41, 5.74) is 3.03. The molecule has 2 heterocycles. The van der Waals surface area contributed by atoms with E-state index in [1.54, 1.807) is 19.1 Å². The molecule has 2 N–H and O–H groups in total. The van der Waals surface area contributed by atoms with Gasteiger partial charge in [0.2, 0.25) is 5.88 Å². The molecule has 3 aromatic carbocycles. The molecule has 0 amide bonds. The summed E-state index contributed by atoms with van der Waals surface area (Å²) in [7, 11) is 0. The molecule has 8 heteroatoms. The van der Waals surface area contributed by atoms with E-state index in [1.807, 2.05) is 17.9 Å². The second-order valence-corrected chi connectivity index (χ2v) is 8.78.